The molecular formula is C78H54F3N3O15S3. The number of rotatable bonds is 15. The van der Waals surface area contributed by atoms with Gasteiger partial charge in [-0.25, -0.2) is 27.6 Å². The number of methoxy groups -OCH3 is 3. The van der Waals surface area contributed by atoms with Gasteiger partial charge in [0.1, 0.15) is 65.5 Å². The molecule has 0 aliphatic rings. The van der Waals surface area contributed by atoms with Gasteiger partial charge in [-0.1, -0.05) is 126 Å². The lowest BCUT2D eigenvalue weighted by molar-refractivity contribution is 0.404. The minimum Gasteiger partial charge on any atom is -0.505 e. The fraction of sp³-hybridized carbons (Fsp3) is 0.0769. The first-order chi connectivity index (χ1) is 49.4. The third-order valence-electron chi connectivity index (χ3n) is 16.5. The van der Waals surface area contributed by atoms with Gasteiger partial charge >= 0.3 is 16.9 Å². The third kappa shape index (κ3) is 13.7. The van der Waals surface area contributed by atoms with E-state index in [1.54, 1.807) is 189 Å². The summed E-state index contributed by atoms with van der Waals surface area (Å²) >= 11 is 2.94. The number of aromatic nitrogens is 3. The van der Waals surface area contributed by atoms with E-state index < -0.39 is 50.8 Å². The Bertz CT molecular complexity index is 6140. The molecule has 510 valence electrons. The predicted octanol–water partition coefficient (Wildman–Crippen LogP) is 15.5. The Kier molecular flexibility index (Phi) is 19.7. The van der Waals surface area contributed by atoms with Crippen LogP contribution in [-0.4, -0.2) is 50.4 Å². The number of benzene rings is 9. The molecule has 0 amide bonds. The highest BCUT2D eigenvalue weighted by molar-refractivity contribution is 8.00. The molecular weight excluding hydrogens is 1370 g/mol. The zero-order chi connectivity index (χ0) is 71.5. The molecule has 9 aromatic carbocycles. The van der Waals surface area contributed by atoms with E-state index in [4.69, 9.17) is 27.5 Å². The molecule has 0 unspecified atom stereocenters. The van der Waals surface area contributed by atoms with Crippen LogP contribution in [0.4, 0.5) is 13.2 Å². The van der Waals surface area contributed by atoms with Gasteiger partial charge in [0.25, 0.3) is 16.7 Å². The minimum atomic E-state index is -0.762. The molecule has 0 bridgehead atoms. The molecule has 0 aliphatic carbocycles. The van der Waals surface area contributed by atoms with Crippen LogP contribution in [0.1, 0.15) is 16.7 Å². The van der Waals surface area contributed by atoms with E-state index >= 15 is 0 Å². The van der Waals surface area contributed by atoms with Gasteiger partial charge in [0.05, 0.1) is 62.4 Å². The summed E-state index contributed by atoms with van der Waals surface area (Å²) < 4.78 is 77.0. The topological polar surface area (TPSA) is 245 Å². The molecule has 0 atom stereocenters. The van der Waals surface area contributed by atoms with Crippen molar-refractivity contribution in [3.63, 3.8) is 0 Å². The number of halogens is 3. The Morgan fingerprint density at radius 1 is 0.363 bits per heavy atom. The van der Waals surface area contributed by atoms with Crippen LogP contribution < -0.4 is 47.8 Å². The zero-order valence-corrected chi connectivity index (χ0v) is 56.3. The summed E-state index contributed by atoms with van der Waals surface area (Å²) in [6, 6.07) is 59.3. The molecule has 15 aromatic rings. The molecule has 0 fully saturated rings. The number of hydrogen-bond acceptors (Lipinski definition) is 18. The maximum Gasteiger partial charge on any atom is 0.354 e. The van der Waals surface area contributed by atoms with Crippen molar-refractivity contribution in [2.45, 2.75) is 49.0 Å². The van der Waals surface area contributed by atoms with E-state index in [1.807, 2.05) is 0 Å². The number of ether oxygens (including phenoxy) is 3. The molecule has 0 saturated heterocycles. The van der Waals surface area contributed by atoms with Crippen molar-refractivity contribution in [2.75, 3.05) is 21.3 Å². The van der Waals surface area contributed by atoms with Crippen molar-refractivity contribution in [3.8, 4) is 34.5 Å². The highest BCUT2D eigenvalue weighted by Gasteiger charge is 2.27. The van der Waals surface area contributed by atoms with Crippen molar-refractivity contribution >= 4 is 101 Å². The third-order valence-corrected chi connectivity index (χ3v) is 19.7. The van der Waals surface area contributed by atoms with Crippen molar-refractivity contribution in [2.24, 2.45) is 0 Å². The molecule has 18 nitrogen and oxygen atoms in total. The molecule has 0 aliphatic heterocycles. The molecule has 0 spiro atoms. The number of para-hydroxylation sites is 4. The first-order valence-corrected chi connectivity index (χ1v) is 33.5. The summed E-state index contributed by atoms with van der Waals surface area (Å²) in [5, 5.41) is 34.6. The van der Waals surface area contributed by atoms with Gasteiger partial charge in [-0.3, -0.25) is 14.4 Å². The molecule has 6 aromatic heterocycles. The molecule has 102 heavy (non-hydrogen) atoms. The summed E-state index contributed by atoms with van der Waals surface area (Å²) in [5.74, 6) is -0.714. The second-order valence-corrected chi connectivity index (χ2v) is 26.0. The average Bonchev–Trinajstić information content (AvgIpc) is 0.750. The summed E-state index contributed by atoms with van der Waals surface area (Å²) in [6.07, 6.45) is 0. The molecule has 0 saturated carbocycles. The van der Waals surface area contributed by atoms with Crippen molar-refractivity contribution in [1.29, 1.82) is 0 Å². The van der Waals surface area contributed by atoms with E-state index in [-0.39, 0.29) is 84.7 Å². The normalized spacial score (nSPS) is 11.2. The average molecular weight is 1430 g/mol. The Morgan fingerprint density at radius 3 is 1.10 bits per heavy atom. The van der Waals surface area contributed by atoms with Gasteiger partial charge in [0, 0.05) is 25.9 Å². The number of fused-ring (bicyclic) bond motifs is 9. The van der Waals surface area contributed by atoms with Gasteiger partial charge in [0.2, 0.25) is 0 Å². The highest BCUT2D eigenvalue weighted by Crippen LogP contribution is 2.43. The minimum absolute atomic E-state index is 0.0165. The summed E-state index contributed by atoms with van der Waals surface area (Å²) in [5.41, 5.74) is -0.0637. The quantitative estimate of drug-likeness (QED) is 0.0808. The van der Waals surface area contributed by atoms with E-state index in [1.165, 1.54) is 64.3 Å². The maximum atomic E-state index is 13.6. The number of hydrogen-bond donors (Lipinski definition) is 3. The van der Waals surface area contributed by atoms with Crippen molar-refractivity contribution < 1.29 is 56.0 Å². The first kappa shape index (κ1) is 68.4. The molecule has 3 N–H and O–H groups in total. The molecule has 0 radical (unpaired) electrons. The van der Waals surface area contributed by atoms with Crippen LogP contribution in [0.5, 0.6) is 34.5 Å². The lowest BCUT2D eigenvalue weighted by atomic mass is 10.1. The van der Waals surface area contributed by atoms with Gasteiger partial charge in [-0.15, -0.1) is 0 Å². The fourth-order valence-electron chi connectivity index (χ4n) is 11.5. The van der Waals surface area contributed by atoms with Crippen molar-refractivity contribution in [1.82, 2.24) is 13.7 Å². The van der Waals surface area contributed by atoms with E-state index in [9.17, 15) is 57.3 Å². The number of nitrogens with zero attached hydrogens (tertiary/aromatic N) is 3. The largest absolute Gasteiger partial charge is 0.505 e. The van der Waals surface area contributed by atoms with Crippen LogP contribution in [-0.2, 0) is 19.6 Å². The lowest BCUT2D eigenvalue weighted by Crippen LogP contribution is -2.22. The second kappa shape index (κ2) is 29.4. The summed E-state index contributed by atoms with van der Waals surface area (Å²) in [4.78, 5) is 80.9. The van der Waals surface area contributed by atoms with E-state index in [2.05, 4.69) is 0 Å². The number of aromatic hydroxyl groups is 3. The standard InChI is InChI=1S/3C26H18FNO5S/c1-32-17-5-4-6-18(13-17)34-24-22(29)21-23(33-26(24)31)19-7-2-3-8-20(19)28(25(21)30)14-15-9-11-16(27)12-10-15;1-32-19-8-4-5-9-20(19)34-24-22(29)21-23(33-26(24)31)17-6-2-3-7-18(17)28(25(21)30)14-15-10-12-16(27)13-11-15;1-32-17-10-12-18(13-11-17)34-24-22(29)21-23(33-26(24)31)19-4-2-3-5-20(19)28(25(21)30)14-15-6-8-16(27)9-7-15/h3*2-13,29H,14H2,1H3. The predicted molar refractivity (Wildman–Crippen MR) is 386 cm³/mol. The Balaban J connectivity index is 0.000000137. The highest BCUT2D eigenvalue weighted by atomic mass is 32.2. The van der Waals surface area contributed by atoms with Crippen LogP contribution in [0.15, 0.2) is 290 Å². The smallest absolute Gasteiger partial charge is 0.354 e. The number of pyridine rings is 3. The van der Waals surface area contributed by atoms with Crippen LogP contribution in [0.2, 0.25) is 0 Å². The van der Waals surface area contributed by atoms with Gasteiger partial charge in [0.15, 0.2) is 34.0 Å². The van der Waals surface area contributed by atoms with Crippen LogP contribution in [0.25, 0.3) is 65.6 Å². The fourth-order valence-corrected chi connectivity index (χ4v) is 14.2. The van der Waals surface area contributed by atoms with Crippen LogP contribution in [0, 0.1) is 17.5 Å². The first-order valence-electron chi connectivity index (χ1n) is 31.0. The maximum absolute atomic E-state index is 13.6. The zero-order valence-electron chi connectivity index (χ0n) is 53.8. The van der Waals surface area contributed by atoms with Gasteiger partial charge < -0.3 is 56.5 Å². The van der Waals surface area contributed by atoms with Gasteiger partial charge in [-0.2, -0.15) is 0 Å². The Labute approximate surface area is 586 Å². The van der Waals surface area contributed by atoms with Crippen molar-refractivity contribution in [3.05, 3.63) is 315 Å². The summed E-state index contributed by atoms with van der Waals surface area (Å²) in [6.45, 7) is 0.435. The lowest BCUT2D eigenvalue weighted by Gasteiger charge is -2.14. The van der Waals surface area contributed by atoms with Gasteiger partial charge in [-0.05, 0) is 144 Å². The van der Waals surface area contributed by atoms with Crippen LogP contribution in [0.3, 0.4) is 0 Å². The second-order valence-electron chi connectivity index (χ2n) is 22.7. The summed E-state index contributed by atoms with van der Waals surface area (Å²) in [7, 11) is 4.58. The monoisotopic (exact) mass is 1430 g/mol. The van der Waals surface area contributed by atoms with E-state index in [0.717, 1.165) is 35.3 Å². The Morgan fingerprint density at radius 2 is 0.716 bits per heavy atom. The SMILES string of the molecule is COc1ccc(Sc2c(O)c3c(=O)n(Cc4ccc(F)cc4)c4ccccc4c3oc2=O)cc1.COc1cccc(Sc2c(O)c3c(=O)n(Cc4ccc(F)cc4)c4ccccc4c3oc2=O)c1.COc1ccccc1Sc1c(O)c2c(=O)n(Cc3ccc(F)cc3)c3ccccc3c2oc1=O. The van der Waals surface area contributed by atoms with Crippen LogP contribution >= 0.6 is 35.3 Å². The molecule has 6 heterocycles. The van der Waals surface area contributed by atoms with E-state index in [0.29, 0.717) is 81.3 Å². The Hall–Kier alpha value is -12.1. The molecule has 24 heteroatoms. The molecule has 15 rings (SSSR count).